The van der Waals surface area contributed by atoms with Crippen LogP contribution in [0.25, 0.3) is 10.8 Å². The summed E-state index contributed by atoms with van der Waals surface area (Å²) in [6.45, 7) is 0. The zero-order valence-electron chi connectivity index (χ0n) is 5.37. The number of H-pyrrole nitrogens is 1. The summed E-state index contributed by atoms with van der Waals surface area (Å²) in [5.74, 6) is 2.06. The first-order valence-corrected chi connectivity index (χ1v) is 4.23. The highest BCUT2D eigenvalue weighted by atomic mass is 35.5. The van der Waals surface area contributed by atoms with E-state index in [9.17, 15) is 0 Å². The Bertz CT molecular complexity index is 398. The fourth-order valence-corrected chi connectivity index (χ4v) is 1.89. The van der Waals surface area contributed by atoms with Gasteiger partial charge in [0.15, 0.2) is 5.15 Å². The Morgan fingerprint density at radius 3 is 3.18 bits per heavy atom. The van der Waals surface area contributed by atoms with Crippen molar-refractivity contribution in [3.8, 4) is 0 Å². The lowest BCUT2D eigenvalue weighted by Gasteiger charge is -1.93. The van der Waals surface area contributed by atoms with Crippen LogP contribution in [-0.2, 0) is 0 Å². The number of nitrogen functional groups attached to an aromatic ring is 1. The molecule has 2 heterocycles. The minimum absolute atomic E-state index is 0.221. The highest BCUT2D eigenvalue weighted by Crippen LogP contribution is 2.25. The quantitative estimate of drug-likeness (QED) is 0.616. The van der Waals surface area contributed by atoms with Gasteiger partial charge in [0.1, 0.15) is 10.8 Å². The SMILES string of the molecule is Nc1nc(Cl)c2[nH]cpc2n1. The van der Waals surface area contributed by atoms with Gasteiger partial charge in [0.05, 0.1) is 0 Å². The van der Waals surface area contributed by atoms with Crippen LogP contribution in [0.4, 0.5) is 5.95 Å². The first-order chi connectivity index (χ1) is 5.27. The molecule has 0 amide bonds. The van der Waals surface area contributed by atoms with Crippen LogP contribution in [0.1, 0.15) is 0 Å². The average molecular weight is 187 g/mol. The highest BCUT2D eigenvalue weighted by molar-refractivity contribution is 7.35. The van der Waals surface area contributed by atoms with E-state index in [0.29, 0.717) is 5.15 Å². The number of hydrogen-bond acceptors (Lipinski definition) is 3. The molecule has 0 aliphatic carbocycles. The lowest BCUT2D eigenvalue weighted by molar-refractivity contribution is 1.24. The second kappa shape index (κ2) is 2.32. The Hall–Kier alpha value is -0.860. The van der Waals surface area contributed by atoms with Crippen molar-refractivity contribution in [1.82, 2.24) is 15.0 Å². The number of aromatic nitrogens is 3. The third kappa shape index (κ3) is 1.04. The first-order valence-electron chi connectivity index (χ1n) is 2.89. The Balaban J connectivity index is 2.91. The number of aromatic amines is 1. The third-order valence-corrected chi connectivity index (χ3v) is 2.36. The molecular formula is C5H4ClN4P. The minimum atomic E-state index is 0.221. The molecule has 0 bridgehead atoms. The molecular weight excluding hydrogens is 183 g/mol. The number of fused-ring (bicyclic) bond motifs is 1. The van der Waals surface area contributed by atoms with Gasteiger partial charge in [-0.3, -0.25) is 0 Å². The molecule has 0 radical (unpaired) electrons. The van der Waals surface area contributed by atoms with Crippen LogP contribution in [0.5, 0.6) is 0 Å². The van der Waals surface area contributed by atoms with Crippen LogP contribution in [0.3, 0.4) is 0 Å². The summed E-state index contributed by atoms with van der Waals surface area (Å²) in [6.07, 6.45) is 0. The topological polar surface area (TPSA) is 67.6 Å². The maximum absolute atomic E-state index is 5.76. The number of rotatable bonds is 0. The number of anilines is 1. The zero-order chi connectivity index (χ0) is 7.84. The van der Waals surface area contributed by atoms with E-state index in [1.807, 2.05) is 5.93 Å². The number of halogens is 1. The zero-order valence-corrected chi connectivity index (χ0v) is 7.02. The molecule has 11 heavy (non-hydrogen) atoms. The molecule has 0 atom stereocenters. The maximum Gasteiger partial charge on any atom is 0.222 e. The van der Waals surface area contributed by atoms with Crippen LogP contribution in [0, 0.1) is 0 Å². The molecule has 0 unspecified atom stereocenters. The molecule has 3 N–H and O–H groups in total. The summed E-state index contributed by atoms with van der Waals surface area (Å²) in [5.41, 5.74) is 6.15. The summed E-state index contributed by atoms with van der Waals surface area (Å²) in [5, 5.41) is 1.22. The summed E-state index contributed by atoms with van der Waals surface area (Å²) < 4.78 is 0. The Morgan fingerprint density at radius 1 is 1.55 bits per heavy atom. The monoisotopic (exact) mass is 186 g/mol. The van der Waals surface area contributed by atoms with E-state index in [0.717, 1.165) is 19.0 Å². The summed E-state index contributed by atoms with van der Waals surface area (Å²) in [4.78, 5) is 10.7. The van der Waals surface area contributed by atoms with Crippen LogP contribution < -0.4 is 5.73 Å². The van der Waals surface area contributed by atoms with Gasteiger partial charge in [0.2, 0.25) is 5.95 Å². The predicted octanol–water partition coefficient (Wildman–Crippen LogP) is 1.77. The average Bonchev–Trinajstić information content (AvgIpc) is 2.34. The molecule has 0 aromatic carbocycles. The van der Waals surface area contributed by atoms with Crippen molar-refractivity contribution < 1.29 is 0 Å². The smallest absolute Gasteiger partial charge is 0.222 e. The normalized spacial score (nSPS) is 11.4. The van der Waals surface area contributed by atoms with E-state index in [1.165, 1.54) is 0 Å². The van der Waals surface area contributed by atoms with E-state index in [2.05, 4.69) is 15.0 Å². The predicted molar refractivity (Wildman–Crippen MR) is 45.8 cm³/mol. The van der Waals surface area contributed by atoms with Crippen molar-refractivity contribution in [1.29, 1.82) is 0 Å². The standard InChI is InChI=1S/C5H4ClN4P/c6-3-2-4(11-1-8-2)10-5(7)9-3/h1,8H,(H2,7,9,10). The molecule has 0 aliphatic heterocycles. The van der Waals surface area contributed by atoms with E-state index in [1.54, 1.807) is 0 Å². The molecule has 2 aromatic rings. The van der Waals surface area contributed by atoms with Gasteiger partial charge < -0.3 is 10.7 Å². The fraction of sp³-hybridized carbons (Fsp3) is 0. The lowest BCUT2D eigenvalue weighted by atomic mass is 10.6. The number of nitrogens with two attached hydrogens (primary N) is 1. The molecule has 0 saturated carbocycles. The van der Waals surface area contributed by atoms with Gasteiger partial charge in [0.25, 0.3) is 0 Å². The highest BCUT2D eigenvalue weighted by Gasteiger charge is 2.03. The van der Waals surface area contributed by atoms with E-state index in [-0.39, 0.29) is 5.95 Å². The molecule has 56 valence electrons. The molecule has 2 rings (SSSR count). The van der Waals surface area contributed by atoms with E-state index in [4.69, 9.17) is 17.3 Å². The van der Waals surface area contributed by atoms with Crippen molar-refractivity contribution in [3.63, 3.8) is 0 Å². The van der Waals surface area contributed by atoms with Crippen LogP contribution in [-0.4, -0.2) is 15.0 Å². The Kier molecular flexibility index (Phi) is 1.44. The molecule has 2 aromatic heterocycles. The summed E-state index contributed by atoms with van der Waals surface area (Å²) in [7, 11) is 0.983. The second-order valence-electron chi connectivity index (χ2n) is 1.97. The summed E-state index contributed by atoms with van der Waals surface area (Å²) in [6, 6.07) is 0. The van der Waals surface area contributed by atoms with Crippen LogP contribution >= 0.6 is 19.8 Å². The van der Waals surface area contributed by atoms with Gasteiger partial charge >= 0.3 is 0 Å². The molecule has 4 nitrogen and oxygen atoms in total. The Labute approximate surface area is 68.9 Å². The largest absolute Gasteiger partial charge is 0.368 e. The van der Waals surface area contributed by atoms with Crippen molar-refractivity contribution in [3.05, 3.63) is 11.1 Å². The van der Waals surface area contributed by atoms with Gasteiger partial charge in [-0.05, 0) is 8.19 Å². The van der Waals surface area contributed by atoms with Gasteiger partial charge in [0, 0.05) is 5.93 Å². The lowest BCUT2D eigenvalue weighted by Crippen LogP contribution is -1.93. The molecule has 0 fully saturated rings. The second-order valence-corrected chi connectivity index (χ2v) is 3.27. The van der Waals surface area contributed by atoms with Crippen LogP contribution in [0.15, 0.2) is 5.93 Å². The number of nitrogens with one attached hydrogen (secondary N) is 1. The third-order valence-electron chi connectivity index (χ3n) is 1.26. The fourth-order valence-electron chi connectivity index (χ4n) is 0.814. The Morgan fingerprint density at radius 2 is 2.36 bits per heavy atom. The first kappa shape index (κ1) is 6.83. The number of hydrogen-bond donors (Lipinski definition) is 2. The van der Waals surface area contributed by atoms with Crippen LogP contribution in [0.2, 0.25) is 5.15 Å². The van der Waals surface area contributed by atoms with Gasteiger partial charge in [-0.2, -0.15) is 4.98 Å². The van der Waals surface area contributed by atoms with Crippen molar-refractivity contribution in [2.45, 2.75) is 0 Å². The number of nitrogens with zero attached hydrogens (tertiary/aromatic N) is 2. The van der Waals surface area contributed by atoms with E-state index < -0.39 is 0 Å². The molecule has 0 spiro atoms. The minimum Gasteiger partial charge on any atom is -0.368 e. The van der Waals surface area contributed by atoms with Gasteiger partial charge in [-0.15, -0.1) is 0 Å². The van der Waals surface area contributed by atoms with Gasteiger partial charge in [-0.1, -0.05) is 11.6 Å². The van der Waals surface area contributed by atoms with Gasteiger partial charge in [-0.25, -0.2) is 4.98 Å². The molecule has 0 aliphatic rings. The van der Waals surface area contributed by atoms with E-state index >= 15 is 0 Å². The molecule has 0 saturated heterocycles. The van der Waals surface area contributed by atoms with Crippen molar-refractivity contribution in [2.24, 2.45) is 0 Å². The summed E-state index contributed by atoms with van der Waals surface area (Å²) >= 11 is 5.76. The van der Waals surface area contributed by atoms with Crippen molar-refractivity contribution >= 4 is 36.5 Å². The van der Waals surface area contributed by atoms with Crippen molar-refractivity contribution in [2.75, 3.05) is 5.73 Å². The molecule has 6 heteroatoms. The maximum atomic E-state index is 5.76.